The van der Waals surface area contributed by atoms with Gasteiger partial charge in [0.1, 0.15) is 16.9 Å². The summed E-state index contributed by atoms with van der Waals surface area (Å²) in [5, 5.41) is 13.8. The minimum Gasteiger partial charge on any atom is -0.483 e. The summed E-state index contributed by atoms with van der Waals surface area (Å²) in [7, 11) is 1.29. The van der Waals surface area contributed by atoms with Crippen molar-refractivity contribution >= 4 is 22.6 Å². The van der Waals surface area contributed by atoms with Gasteiger partial charge in [-0.25, -0.2) is 4.79 Å². The molecular formula is C20H20N2O4. The van der Waals surface area contributed by atoms with Crippen molar-refractivity contribution in [2.45, 2.75) is 25.3 Å². The molecule has 3 rings (SSSR count). The molecule has 1 atom stereocenters. The number of nitriles is 1. The Morgan fingerprint density at radius 3 is 2.50 bits per heavy atom. The fourth-order valence-corrected chi connectivity index (χ4v) is 2.96. The lowest BCUT2D eigenvalue weighted by Gasteiger charge is -2.23. The van der Waals surface area contributed by atoms with E-state index in [1.165, 1.54) is 7.11 Å². The van der Waals surface area contributed by atoms with Crippen LogP contribution in [0.25, 0.3) is 10.8 Å². The van der Waals surface area contributed by atoms with Crippen molar-refractivity contribution in [1.29, 1.82) is 5.26 Å². The number of nitrogens with one attached hydrogen (secondary N) is 1. The first-order valence-electron chi connectivity index (χ1n) is 8.43. The van der Waals surface area contributed by atoms with Crippen LogP contribution >= 0.6 is 0 Å². The van der Waals surface area contributed by atoms with E-state index in [2.05, 4.69) is 11.4 Å². The molecule has 0 heterocycles. The van der Waals surface area contributed by atoms with Crippen LogP contribution in [0.3, 0.4) is 0 Å². The number of rotatable bonds is 6. The number of carbonyl (C=O) groups is 2. The third kappa shape index (κ3) is 3.62. The lowest BCUT2D eigenvalue weighted by atomic mass is 9.98. The lowest BCUT2D eigenvalue weighted by molar-refractivity contribution is -0.124. The molecule has 1 fully saturated rings. The van der Waals surface area contributed by atoms with E-state index in [4.69, 9.17) is 9.47 Å². The number of carbonyl (C=O) groups excluding carboxylic acids is 2. The number of methoxy groups -OCH3 is 1. The predicted molar refractivity (Wildman–Crippen MR) is 95.7 cm³/mol. The summed E-state index contributed by atoms with van der Waals surface area (Å²) in [5.41, 5.74) is -0.626. The molecule has 2 aromatic rings. The predicted octanol–water partition coefficient (Wildman–Crippen LogP) is 2.81. The minimum atomic E-state index is -0.880. The summed E-state index contributed by atoms with van der Waals surface area (Å²) in [6.45, 7) is 1.44. The van der Waals surface area contributed by atoms with E-state index >= 15 is 0 Å². The van der Waals surface area contributed by atoms with Gasteiger partial charge in [0.2, 0.25) is 0 Å². The Kier molecular flexibility index (Phi) is 4.81. The first-order valence-corrected chi connectivity index (χ1v) is 8.43. The molecule has 6 nitrogen and oxygen atoms in total. The van der Waals surface area contributed by atoms with Crippen molar-refractivity contribution in [3.63, 3.8) is 0 Å². The second-order valence-corrected chi connectivity index (χ2v) is 6.61. The van der Waals surface area contributed by atoms with E-state index in [1.54, 1.807) is 19.1 Å². The fraction of sp³-hybridized carbons (Fsp3) is 0.350. The van der Waals surface area contributed by atoms with Crippen molar-refractivity contribution in [2.75, 3.05) is 13.7 Å². The highest BCUT2D eigenvalue weighted by Gasteiger charge is 2.43. The van der Waals surface area contributed by atoms with Crippen molar-refractivity contribution in [2.24, 2.45) is 5.92 Å². The van der Waals surface area contributed by atoms with Gasteiger partial charge in [-0.15, -0.1) is 0 Å². The van der Waals surface area contributed by atoms with Crippen LogP contribution in [-0.4, -0.2) is 31.1 Å². The summed E-state index contributed by atoms with van der Waals surface area (Å²) in [6.07, 6.45) is 1.87. The SMILES string of the molecule is COC(=O)c1cc2ccccc2cc1OCC(=O)N[C@@](C)(C#N)C1CC1. The highest BCUT2D eigenvalue weighted by molar-refractivity contribution is 5.98. The maximum atomic E-state index is 12.2. The molecule has 134 valence electrons. The van der Waals surface area contributed by atoms with Crippen LogP contribution in [0.4, 0.5) is 0 Å². The highest BCUT2D eigenvalue weighted by Crippen LogP contribution is 2.39. The van der Waals surface area contributed by atoms with Crippen LogP contribution in [0.2, 0.25) is 0 Å². The fourth-order valence-electron chi connectivity index (χ4n) is 2.96. The van der Waals surface area contributed by atoms with Gasteiger partial charge < -0.3 is 14.8 Å². The van der Waals surface area contributed by atoms with Crippen molar-refractivity contribution in [3.05, 3.63) is 42.0 Å². The molecular weight excluding hydrogens is 332 g/mol. The molecule has 1 saturated carbocycles. The maximum absolute atomic E-state index is 12.2. The molecule has 0 aromatic heterocycles. The molecule has 1 N–H and O–H groups in total. The second kappa shape index (κ2) is 7.04. The summed E-state index contributed by atoms with van der Waals surface area (Å²) < 4.78 is 10.4. The van der Waals surface area contributed by atoms with Crippen LogP contribution < -0.4 is 10.1 Å². The van der Waals surface area contributed by atoms with Crippen molar-refractivity contribution in [1.82, 2.24) is 5.32 Å². The molecule has 1 aliphatic carbocycles. The molecule has 26 heavy (non-hydrogen) atoms. The van der Waals surface area contributed by atoms with E-state index in [1.807, 2.05) is 24.3 Å². The first kappa shape index (κ1) is 17.7. The number of benzene rings is 2. The topological polar surface area (TPSA) is 88.4 Å². The Bertz CT molecular complexity index is 898. The highest BCUT2D eigenvalue weighted by atomic mass is 16.5. The second-order valence-electron chi connectivity index (χ2n) is 6.61. The Balaban J connectivity index is 1.78. The van der Waals surface area contributed by atoms with Gasteiger partial charge in [0, 0.05) is 0 Å². The van der Waals surface area contributed by atoms with Gasteiger partial charge in [-0.1, -0.05) is 24.3 Å². The zero-order valence-electron chi connectivity index (χ0n) is 14.7. The van der Waals surface area contributed by atoms with Crippen molar-refractivity contribution in [3.8, 4) is 11.8 Å². The van der Waals surface area contributed by atoms with E-state index in [9.17, 15) is 14.9 Å². The Morgan fingerprint density at radius 1 is 1.27 bits per heavy atom. The Labute approximate surface area is 151 Å². The van der Waals surface area contributed by atoms with Crippen LogP contribution in [-0.2, 0) is 9.53 Å². The van der Waals surface area contributed by atoms with E-state index in [0.29, 0.717) is 0 Å². The van der Waals surface area contributed by atoms with E-state index < -0.39 is 17.4 Å². The van der Waals surface area contributed by atoms with Gasteiger partial charge in [-0.3, -0.25) is 4.79 Å². The first-order chi connectivity index (χ1) is 12.5. The summed E-state index contributed by atoms with van der Waals surface area (Å²) in [5.74, 6) is -0.477. The zero-order valence-corrected chi connectivity index (χ0v) is 14.7. The molecule has 0 spiro atoms. The standard InChI is InChI=1S/C20H20N2O4/c1-20(12-21,15-7-8-15)22-18(23)11-26-17-10-14-6-4-3-5-13(14)9-16(17)19(24)25-2/h3-6,9-10,15H,7-8,11H2,1-2H3,(H,22,23)/t20-/m0/s1. The molecule has 0 unspecified atom stereocenters. The van der Waals surface area contributed by atoms with Crippen LogP contribution in [0, 0.1) is 17.2 Å². The van der Waals surface area contributed by atoms with Gasteiger partial charge >= 0.3 is 5.97 Å². The third-order valence-corrected chi connectivity index (χ3v) is 4.64. The number of esters is 1. The summed E-state index contributed by atoms with van der Waals surface area (Å²) in [6, 6.07) is 13.1. The molecule has 0 bridgehead atoms. The number of ether oxygens (including phenoxy) is 2. The van der Waals surface area contributed by atoms with Gasteiger partial charge in [-0.2, -0.15) is 5.26 Å². The average molecular weight is 352 g/mol. The summed E-state index contributed by atoms with van der Waals surface area (Å²) in [4.78, 5) is 24.3. The zero-order chi connectivity index (χ0) is 18.7. The van der Waals surface area contributed by atoms with Crippen LogP contribution in [0.1, 0.15) is 30.1 Å². The number of amides is 1. The molecule has 0 saturated heterocycles. The van der Waals surface area contributed by atoms with Gasteiger partial charge in [0.05, 0.1) is 13.2 Å². The number of fused-ring (bicyclic) bond motifs is 1. The van der Waals surface area contributed by atoms with E-state index in [-0.39, 0.29) is 23.8 Å². The quantitative estimate of drug-likeness (QED) is 0.808. The monoisotopic (exact) mass is 352 g/mol. The molecule has 6 heteroatoms. The van der Waals surface area contributed by atoms with E-state index in [0.717, 1.165) is 23.6 Å². The van der Waals surface area contributed by atoms with Crippen LogP contribution in [0.5, 0.6) is 5.75 Å². The van der Waals surface area contributed by atoms with Gasteiger partial charge in [0.15, 0.2) is 6.61 Å². The molecule has 0 aliphatic heterocycles. The maximum Gasteiger partial charge on any atom is 0.341 e. The number of hydrogen-bond acceptors (Lipinski definition) is 5. The molecule has 2 aromatic carbocycles. The van der Waals surface area contributed by atoms with Gasteiger partial charge in [-0.05, 0) is 48.6 Å². The largest absolute Gasteiger partial charge is 0.483 e. The summed E-state index contributed by atoms with van der Waals surface area (Å²) >= 11 is 0. The molecule has 1 amide bonds. The Morgan fingerprint density at radius 2 is 1.92 bits per heavy atom. The van der Waals surface area contributed by atoms with Gasteiger partial charge in [0.25, 0.3) is 5.91 Å². The average Bonchev–Trinajstić information content (AvgIpc) is 3.50. The number of hydrogen-bond donors (Lipinski definition) is 1. The molecule has 0 radical (unpaired) electrons. The van der Waals surface area contributed by atoms with Crippen LogP contribution in [0.15, 0.2) is 36.4 Å². The Hall–Kier alpha value is -3.07. The number of nitrogens with zero attached hydrogens (tertiary/aromatic N) is 1. The lowest BCUT2D eigenvalue weighted by Crippen LogP contribution is -2.48. The molecule has 1 aliphatic rings. The van der Waals surface area contributed by atoms with Crippen molar-refractivity contribution < 1.29 is 19.1 Å². The smallest absolute Gasteiger partial charge is 0.341 e. The normalized spacial score (nSPS) is 15.6. The third-order valence-electron chi connectivity index (χ3n) is 4.64. The minimum absolute atomic E-state index is 0.183.